The lowest BCUT2D eigenvalue weighted by Gasteiger charge is -2.42. The molecule has 1 aliphatic carbocycles. The maximum atomic E-state index is 9.56. The molecule has 18 heavy (non-hydrogen) atoms. The van der Waals surface area contributed by atoms with Gasteiger partial charge in [-0.15, -0.1) is 0 Å². The Morgan fingerprint density at radius 2 is 2.11 bits per heavy atom. The third-order valence-corrected chi connectivity index (χ3v) is 4.45. The van der Waals surface area contributed by atoms with Crippen molar-refractivity contribution in [3.63, 3.8) is 0 Å². The molecule has 0 bridgehead atoms. The van der Waals surface area contributed by atoms with Crippen LogP contribution in [0.4, 0.5) is 0 Å². The predicted octanol–water partition coefficient (Wildman–Crippen LogP) is 2.02. The van der Waals surface area contributed by atoms with Gasteiger partial charge in [-0.1, -0.05) is 6.07 Å². The van der Waals surface area contributed by atoms with Gasteiger partial charge in [-0.2, -0.15) is 0 Å². The fraction of sp³-hybridized carbons (Fsp3) is 0.600. The van der Waals surface area contributed by atoms with Crippen molar-refractivity contribution in [2.75, 3.05) is 26.7 Å². The molecule has 0 amide bonds. The summed E-state index contributed by atoms with van der Waals surface area (Å²) in [4.78, 5) is 5.05. The smallest absolute Gasteiger partial charge is 0.115 e. The quantitative estimate of drug-likeness (QED) is 0.821. The molecule has 1 aromatic carbocycles. The molecule has 1 heterocycles. The molecule has 1 saturated heterocycles. The number of fused-ring (bicyclic) bond motifs is 1. The molecule has 3 nitrogen and oxygen atoms in total. The van der Waals surface area contributed by atoms with Gasteiger partial charge in [-0.25, -0.2) is 0 Å². The van der Waals surface area contributed by atoms with E-state index in [1.807, 2.05) is 12.1 Å². The van der Waals surface area contributed by atoms with E-state index < -0.39 is 0 Å². The van der Waals surface area contributed by atoms with E-state index in [1.165, 1.54) is 17.5 Å². The SMILES string of the molecule is CC1CN(C)CCN1C1CCc2cc(O)ccc21. The van der Waals surface area contributed by atoms with Crippen LogP contribution in [0.25, 0.3) is 0 Å². The number of phenolic OH excluding ortho intramolecular Hbond substituents is 1. The molecule has 1 aliphatic heterocycles. The van der Waals surface area contributed by atoms with Crippen LogP contribution in [0, 0.1) is 0 Å². The summed E-state index contributed by atoms with van der Waals surface area (Å²) in [5.41, 5.74) is 2.77. The highest BCUT2D eigenvalue weighted by atomic mass is 16.3. The summed E-state index contributed by atoms with van der Waals surface area (Å²) in [6, 6.07) is 7.07. The van der Waals surface area contributed by atoms with Gasteiger partial charge < -0.3 is 10.0 Å². The lowest BCUT2D eigenvalue weighted by molar-refractivity contribution is 0.0610. The number of rotatable bonds is 1. The molecule has 0 aromatic heterocycles. The molecular formula is C15H22N2O. The Morgan fingerprint density at radius 1 is 1.28 bits per heavy atom. The van der Waals surface area contributed by atoms with Crippen LogP contribution in [0.2, 0.25) is 0 Å². The first kappa shape index (κ1) is 12.0. The predicted molar refractivity (Wildman–Crippen MR) is 72.8 cm³/mol. The van der Waals surface area contributed by atoms with E-state index in [0.717, 1.165) is 26.1 Å². The van der Waals surface area contributed by atoms with Gasteiger partial charge in [0.15, 0.2) is 0 Å². The van der Waals surface area contributed by atoms with E-state index in [1.54, 1.807) is 0 Å². The Hall–Kier alpha value is -1.06. The van der Waals surface area contributed by atoms with Crippen molar-refractivity contribution in [1.82, 2.24) is 9.80 Å². The minimum atomic E-state index is 0.404. The van der Waals surface area contributed by atoms with Crippen molar-refractivity contribution in [2.45, 2.75) is 31.8 Å². The van der Waals surface area contributed by atoms with Crippen LogP contribution in [0.5, 0.6) is 5.75 Å². The Labute approximate surface area is 109 Å². The number of benzene rings is 1. The van der Waals surface area contributed by atoms with Crippen LogP contribution in [0.15, 0.2) is 18.2 Å². The molecule has 0 saturated carbocycles. The van der Waals surface area contributed by atoms with Crippen molar-refractivity contribution in [3.05, 3.63) is 29.3 Å². The largest absolute Gasteiger partial charge is 0.508 e. The lowest BCUT2D eigenvalue weighted by atomic mass is 10.0. The van der Waals surface area contributed by atoms with Gasteiger partial charge in [0.2, 0.25) is 0 Å². The van der Waals surface area contributed by atoms with E-state index in [9.17, 15) is 5.11 Å². The molecule has 1 aromatic rings. The average Bonchev–Trinajstić information content (AvgIpc) is 2.72. The second-order valence-electron chi connectivity index (χ2n) is 5.79. The number of piperazine rings is 1. The summed E-state index contributed by atoms with van der Waals surface area (Å²) in [6.45, 7) is 5.80. The zero-order chi connectivity index (χ0) is 12.7. The first-order chi connectivity index (χ1) is 8.65. The summed E-state index contributed by atoms with van der Waals surface area (Å²) < 4.78 is 0. The molecule has 0 spiro atoms. The third-order valence-electron chi connectivity index (χ3n) is 4.45. The maximum absolute atomic E-state index is 9.56. The number of nitrogens with zero attached hydrogens (tertiary/aromatic N) is 2. The molecule has 3 rings (SSSR count). The highest BCUT2D eigenvalue weighted by molar-refractivity contribution is 5.40. The minimum absolute atomic E-state index is 0.404. The van der Waals surface area contributed by atoms with Crippen molar-refractivity contribution in [2.24, 2.45) is 0 Å². The molecule has 1 N–H and O–H groups in total. The average molecular weight is 246 g/mol. The fourth-order valence-corrected chi connectivity index (χ4v) is 3.54. The Kier molecular flexibility index (Phi) is 3.04. The normalized spacial score (nSPS) is 29.4. The second-order valence-corrected chi connectivity index (χ2v) is 5.79. The highest BCUT2D eigenvalue weighted by Crippen LogP contribution is 2.38. The maximum Gasteiger partial charge on any atom is 0.115 e. The monoisotopic (exact) mass is 246 g/mol. The summed E-state index contributed by atoms with van der Waals surface area (Å²) in [5, 5.41) is 9.56. The van der Waals surface area contributed by atoms with Crippen molar-refractivity contribution < 1.29 is 5.11 Å². The van der Waals surface area contributed by atoms with Crippen molar-refractivity contribution >= 4 is 0 Å². The number of phenols is 1. The van der Waals surface area contributed by atoms with Crippen LogP contribution in [0.1, 0.15) is 30.5 Å². The van der Waals surface area contributed by atoms with Gasteiger partial charge in [-0.3, -0.25) is 4.90 Å². The fourth-order valence-electron chi connectivity index (χ4n) is 3.54. The van der Waals surface area contributed by atoms with Gasteiger partial charge in [0.25, 0.3) is 0 Å². The molecule has 0 radical (unpaired) electrons. The highest BCUT2D eigenvalue weighted by Gasteiger charge is 2.33. The van der Waals surface area contributed by atoms with Gasteiger partial charge in [0.05, 0.1) is 0 Å². The minimum Gasteiger partial charge on any atom is -0.508 e. The summed E-state index contributed by atoms with van der Waals surface area (Å²) >= 11 is 0. The third kappa shape index (κ3) is 2.02. The van der Waals surface area contributed by atoms with Crippen molar-refractivity contribution in [1.29, 1.82) is 0 Å². The zero-order valence-corrected chi connectivity index (χ0v) is 11.3. The number of aromatic hydroxyl groups is 1. The molecule has 1 fully saturated rings. The Bertz CT molecular complexity index is 446. The molecular weight excluding hydrogens is 224 g/mol. The Morgan fingerprint density at radius 3 is 2.89 bits per heavy atom. The van der Waals surface area contributed by atoms with Crippen LogP contribution >= 0.6 is 0 Å². The molecule has 2 unspecified atom stereocenters. The second kappa shape index (κ2) is 4.56. The van der Waals surface area contributed by atoms with E-state index in [2.05, 4.69) is 29.8 Å². The van der Waals surface area contributed by atoms with E-state index >= 15 is 0 Å². The molecule has 2 aliphatic rings. The van der Waals surface area contributed by atoms with Crippen LogP contribution < -0.4 is 0 Å². The number of hydrogen-bond donors (Lipinski definition) is 1. The van der Waals surface area contributed by atoms with Gasteiger partial charge >= 0.3 is 0 Å². The van der Waals surface area contributed by atoms with Gasteiger partial charge in [0.1, 0.15) is 5.75 Å². The standard InChI is InChI=1S/C15H22N2O/c1-11-10-16(2)7-8-17(11)15-6-3-12-9-13(18)4-5-14(12)15/h4-5,9,11,15,18H,3,6-8,10H2,1-2H3. The van der Waals surface area contributed by atoms with Gasteiger partial charge in [0, 0.05) is 31.7 Å². The lowest BCUT2D eigenvalue weighted by Crippen LogP contribution is -2.51. The topological polar surface area (TPSA) is 26.7 Å². The number of likely N-dealkylation sites (N-methyl/N-ethyl adjacent to an activating group) is 1. The molecule has 3 heteroatoms. The molecule has 2 atom stereocenters. The van der Waals surface area contributed by atoms with E-state index in [-0.39, 0.29) is 0 Å². The Balaban J connectivity index is 1.83. The van der Waals surface area contributed by atoms with Gasteiger partial charge in [-0.05, 0) is 50.1 Å². The van der Waals surface area contributed by atoms with Crippen LogP contribution in [-0.2, 0) is 6.42 Å². The summed E-state index contributed by atoms with van der Waals surface area (Å²) in [6.07, 6.45) is 2.31. The van der Waals surface area contributed by atoms with Crippen LogP contribution in [0.3, 0.4) is 0 Å². The first-order valence-corrected chi connectivity index (χ1v) is 6.91. The van der Waals surface area contributed by atoms with Crippen molar-refractivity contribution in [3.8, 4) is 5.75 Å². The van der Waals surface area contributed by atoms with E-state index in [4.69, 9.17) is 0 Å². The number of hydrogen-bond acceptors (Lipinski definition) is 3. The zero-order valence-electron chi connectivity index (χ0n) is 11.3. The first-order valence-electron chi connectivity index (χ1n) is 6.91. The summed E-state index contributed by atoms with van der Waals surface area (Å²) in [7, 11) is 2.20. The number of aryl methyl sites for hydroxylation is 1. The molecule has 98 valence electrons. The van der Waals surface area contributed by atoms with Crippen LogP contribution in [-0.4, -0.2) is 47.6 Å². The summed E-state index contributed by atoms with van der Waals surface area (Å²) in [5.74, 6) is 0.404. The van der Waals surface area contributed by atoms with E-state index in [0.29, 0.717) is 17.8 Å².